The van der Waals surface area contributed by atoms with Gasteiger partial charge < -0.3 is 10.5 Å². The topological polar surface area (TPSA) is 98.8 Å². The molecule has 1 heterocycles. The highest BCUT2D eigenvalue weighted by molar-refractivity contribution is 7.94. The van der Waals surface area contributed by atoms with E-state index in [1.807, 2.05) is 0 Å². The van der Waals surface area contributed by atoms with E-state index in [9.17, 15) is 17.6 Å². The second-order valence-corrected chi connectivity index (χ2v) is 10.8. The summed E-state index contributed by atoms with van der Waals surface area (Å²) in [5, 5.41) is 0. The molecule has 154 valence electrons. The fourth-order valence-corrected chi connectivity index (χ4v) is 5.91. The Labute approximate surface area is 163 Å². The summed E-state index contributed by atoms with van der Waals surface area (Å²) in [5.74, 6) is -1.48. The van der Waals surface area contributed by atoms with Crippen LogP contribution in [0.1, 0.15) is 52.5 Å². The van der Waals surface area contributed by atoms with Crippen LogP contribution in [-0.4, -0.2) is 36.0 Å². The van der Waals surface area contributed by atoms with Crippen molar-refractivity contribution in [1.82, 2.24) is 0 Å². The second kappa shape index (κ2) is 6.23. The summed E-state index contributed by atoms with van der Waals surface area (Å²) in [5.41, 5.74) is 0.317. The van der Waals surface area contributed by atoms with Gasteiger partial charge in [0.1, 0.15) is 21.7 Å². The highest BCUT2D eigenvalue weighted by atomic mass is 32.2. The van der Waals surface area contributed by atoms with E-state index >= 15 is 4.39 Å². The molecule has 3 rings (SSSR count). The molecule has 0 amide bonds. The van der Waals surface area contributed by atoms with E-state index in [-0.39, 0.29) is 29.8 Å². The SMILES string of the molecule is CC(C)(C)OC(=O)CC1=N[C@](C)(c2cc(N)ccc2F)C(F)S(=O)(=O)C12CC2. The number of alkyl halides is 1. The van der Waals surface area contributed by atoms with E-state index in [4.69, 9.17) is 10.5 Å². The van der Waals surface area contributed by atoms with Gasteiger partial charge in [-0.3, -0.25) is 9.79 Å². The molecule has 2 atom stereocenters. The number of halogens is 2. The van der Waals surface area contributed by atoms with Gasteiger partial charge in [0.15, 0.2) is 9.84 Å². The average molecular weight is 414 g/mol. The lowest BCUT2D eigenvalue weighted by Gasteiger charge is -2.38. The zero-order chi connectivity index (χ0) is 21.1. The molecule has 0 radical (unpaired) electrons. The first-order valence-electron chi connectivity index (χ1n) is 8.97. The quantitative estimate of drug-likeness (QED) is 0.605. The highest BCUT2D eigenvalue weighted by Gasteiger charge is 2.68. The average Bonchev–Trinajstić information content (AvgIpc) is 3.35. The van der Waals surface area contributed by atoms with E-state index in [1.54, 1.807) is 20.8 Å². The van der Waals surface area contributed by atoms with Crippen molar-refractivity contribution in [3.8, 4) is 0 Å². The predicted molar refractivity (Wildman–Crippen MR) is 102 cm³/mol. The molecule has 1 unspecified atom stereocenters. The number of nitrogens with two attached hydrogens (primary N) is 1. The molecule has 1 fully saturated rings. The Bertz CT molecular complexity index is 965. The largest absolute Gasteiger partial charge is 0.460 e. The Morgan fingerprint density at radius 2 is 1.96 bits per heavy atom. The van der Waals surface area contributed by atoms with Crippen molar-refractivity contribution in [2.75, 3.05) is 5.73 Å². The number of hydrogen-bond donors (Lipinski definition) is 1. The van der Waals surface area contributed by atoms with Crippen molar-refractivity contribution >= 4 is 27.2 Å². The smallest absolute Gasteiger partial charge is 0.312 e. The van der Waals surface area contributed by atoms with Gasteiger partial charge in [-0.2, -0.15) is 0 Å². The number of carbonyl (C=O) groups is 1. The van der Waals surface area contributed by atoms with Gasteiger partial charge in [0, 0.05) is 17.0 Å². The molecule has 0 aromatic heterocycles. The minimum Gasteiger partial charge on any atom is -0.460 e. The molecule has 0 saturated heterocycles. The molecule has 6 nitrogen and oxygen atoms in total. The number of anilines is 1. The van der Waals surface area contributed by atoms with Crippen LogP contribution < -0.4 is 5.73 Å². The zero-order valence-electron chi connectivity index (χ0n) is 16.3. The number of benzene rings is 1. The fraction of sp³-hybridized carbons (Fsp3) is 0.579. The first kappa shape index (κ1) is 20.7. The van der Waals surface area contributed by atoms with Gasteiger partial charge in [-0.25, -0.2) is 17.2 Å². The normalized spacial score (nSPS) is 27.9. The molecule has 1 aromatic rings. The lowest BCUT2D eigenvalue weighted by molar-refractivity contribution is -0.153. The first-order valence-corrected chi connectivity index (χ1v) is 10.5. The highest BCUT2D eigenvalue weighted by Crippen LogP contribution is 2.55. The van der Waals surface area contributed by atoms with Crippen LogP contribution in [0.25, 0.3) is 0 Å². The molecule has 1 spiro atoms. The summed E-state index contributed by atoms with van der Waals surface area (Å²) >= 11 is 0. The Kier molecular flexibility index (Phi) is 4.61. The molecule has 2 N–H and O–H groups in total. The van der Waals surface area contributed by atoms with Crippen LogP contribution in [0.2, 0.25) is 0 Å². The number of rotatable bonds is 3. The summed E-state index contributed by atoms with van der Waals surface area (Å²) in [7, 11) is -4.37. The lowest BCUT2D eigenvalue weighted by Crippen LogP contribution is -2.53. The van der Waals surface area contributed by atoms with Gasteiger partial charge in [0.05, 0.1) is 6.42 Å². The van der Waals surface area contributed by atoms with Crippen molar-refractivity contribution in [2.45, 2.75) is 68.3 Å². The van der Waals surface area contributed by atoms with Gasteiger partial charge >= 0.3 is 5.97 Å². The minimum atomic E-state index is -4.37. The van der Waals surface area contributed by atoms with Gasteiger partial charge in [-0.1, -0.05) is 0 Å². The maximum absolute atomic E-state index is 15.3. The van der Waals surface area contributed by atoms with Crippen LogP contribution in [0, 0.1) is 5.82 Å². The number of aliphatic imine (C=N–C) groups is 1. The predicted octanol–water partition coefficient (Wildman–Crippen LogP) is 3.05. The Hall–Kier alpha value is -2.03. The molecule has 1 aliphatic heterocycles. The van der Waals surface area contributed by atoms with Crippen LogP contribution in [-0.2, 0) is 24.9 Å². The third-order valence-corrected chi connectivity index (χ3v) is 7.86. The van der Waals surface area contributed by atoms with Crippen molar-refractivity contribution in [1.29, 1.82) is 0 Å². The third kappa shape index (κ3) is 3.19. The molecular formula is C19H24F2N2O4S. The van der Waals surface area contributed by atoms with E-state index in [0.29, 0.717) is 0 Å². The zero-order valence-corrected chi connectivity index (χ0v) is 17.1. The summed E-state index contributed by atoms with van der Waals surface area (Å²) in [4.78, 5) is 16.6. The standard InChI is InChI=1S/C19H24F2N2O4S/c1-17(2,3)27-15(24)10-14-19(7-8-19)28(25,26)16(21)18(4,23-14)12-9-11(22)5-6-13(12)20/h5-6,9,16H,7-8,10,22H2,1-4H3/t16?,18-/m1/s1. The van der Waals surface area contributed by atoms with E-state index in [1.165, 1.54) is 19.1 Å². The number of carbonyl (C=O) groups excluding carboxylic acids is 1. The monoisotopic (exact) mass is 414 g/mol. The number of ether oxygens (including phenoxy) is 1. The van der Waals surface area contributed by atoms with Crippen molar-refractivity contribution in [3.63, 3.8) is 0 Å². The van der Waals surface area contributed by atoms with E-state index in [2.05, 4.69) is 4.99 Å². The fourth-order valence-electron chi connectivity index (χ4n) is 3.61. The number of nitrogen functional groups attached to an aromatic ring is 1. The number of sulfone groups is 1. The van der Waals surface area contributed by atoms with Crippen molar-refractivity contribution in [3.05, 3.63) is 29.6 Å². The summed E-state index contributed by atoms with van der Waals surface area (Å²) in [6.07, 6.45) is -0.0531. The molecule has 1 saturated carbocycles. The molecule has 9 heteroatoms. The van der Waals surface area contributed by atoms with Gasteiger partial charge in [0.25, 0.3) is 0 Å². The molecule has 2 aliphatic rings. The number of hydrogen-bond acceptors (Lipinski definition) is 6. The van der Waals surface area contributed by atoms with Crippen LogP contribution >= 0.6 is 0 Å². The molecule has 28 heavy (non-hydrogen) atoms. The Morgan fingerprint density at radius 1 is 1.36 bits per heavy atom. The Balaban J connectivity index is 2.13. The van der Waals surface area contributed by atoms with Crippen LogP contribution in [0.4, 0.5) is 14.5 Å². The van der Waals surface area contributed by atoms with Crippen molar-refractivity contribution < 1.29 is 26.7 Å². The molecule has 1 aromatic carbocycles. The van der Waals surface area contributed by atoms with E-state index in [0.717, 1.165) is 6.07 Å². The summed E-state index contributed by atoms with van der Waals surface area (Å²) in [6, 6.07) is 3.51. The van der Waals surface area contributed by atoms with Crippen LogP contribution in [0.3, 0.4) is 0 Å². The number of nitrogens with zero attached hydrogens (tertiary/aromatic N) is 1. The van der Waals surface area contributed by atoms with Crippen LogP contribution in [0.15, 0.2) is 23.2 Å². The Morgan fingerprint density at radius 3 is 2.50 bits per heavy atom. The minimum absolute atomic E-state index is 0.0139. The molecule has 0 bridgehead atoms. The maximum Gasteiger partial charge on any atom is 0.312 e. The second-order valence-electron chi connectivity index (χ2n) is 8.56. The number of esters is 1. The van der Waals surface area contributed by atoms with Gasteiger partial charge in [-0.05, 0) is 58.7 Å². The summed E-state index contributed by atoms with van der Waals surface area (Å²) in [6.45, 7) is 6.25. The van der Waals surface area contributed by atoms with E-state index < -0.39 is 49.4 Å². The van der Waals surface area contributed by atoms with Crippen LogP contribution in [0.5, 0.6) is 0 Å². The van der Waals surface area contributed by atoms with Gasteiger partial charge in [0.2, 0.25) is 5.50 Å². The van der Waals surface area contributed by atoms with Gasteiger partial charge in [-0.15, -0.1) is 0 Å². The first-order chi connectivity index (χ1) is 12.7. The maximum atomic E-state index is 15.3. The molecular weight excluding hydrogens is 390 g/mol. The molecule has 1 aliphatic carbocycles. The lowest BCUT2D eigenvalue weighted by atomic mass is 9.91. The third-order valence-electron chi connectivity index (χ3n) is 5.12. The summed E-state index contributed by atoms with van der Waals surface area (Å²) < 4.78 is 59.5. The van der Waals surface area contributed by atoms with Crippen molar-refractivity contribution in [2.24, 2.45) is 4.99 Å².